The van der Waals surface area contributed by atoms with Crippen LogP contribution in [0, 0.1) is 0 Å². The van der Waals surface area contributed by atoms with Gasteiger partial charge < -0.3 is 19.2 Å². The number of phenols is 1. The third-order valence-corrected chi connectivity index (χ3v) is 4.17. The molecule has 7 heteroatoms. The normalized spacial score (nSPS) is 22.2. The minimum absolute atomic E-state index is 0.158. The van der Waals surface area contributed by atoms with Gasteiger partial charge in [0.25, 0.3) is 0 Å². The molecule has 22 heavy (non-hydrogen) atoms. The van der Waals surface area contributed by atoms with Crippen molar-refractivity contribution in [2.75, 3.05) is 0 Å². The van der Waals surface area contributed by atoms with Crippen molar-refractivity contribution in [3.8, 4) is 11.5 Å². The van der Waals surface area contributed by atoms with Crippen LogP contribution < -0.4 is 10.5 Å². The van der Waals surface area contributed by atoms with Crippen LogP contribution in [0.5, 0.6) is 11.5 Å². The van der Waals surface area contributed by atoms with Crippen LogP contribution in [0.25, 0.3) is 0 Å². The van der Waals surface area contributed by atoms with Crippen molar-refractivity contribution in [2.24, 2.45) is 5.73 Å². The summed E-state index contributed by atoms with van der Waals surface area (Å²) in [4.78, 5) is 10.7. The molecule has 0 radical (unpaired) electrons. The fraction of sp³-hybridized carbons (Fsp3) is 0.533. The second-order valence-corrected chi connectivity index (χ2v) is 6.72. The molecule has 0 bridgehead atoms. The number of hydrogen-bond donors (Lipinski definition) is 2. The minimum Gasteiger partial charge on any atom is -0.504 e. The highest BCUT2D eigenvalue weighted by atomic mass is 16.7. The van der Waals surface area contributed by atoms with Crippen molar-refractivity contribution in [1.29, 1.82) is 0 Å². The van der Waals surface area contributed by atoms with Gasteiger partial charge in [-0.3, -0.25) is 10.5 Å². The number of carbonyl (C=O) groups is 1. The molecule has 0 aromatic heterocycles. The predicted octanol–water partition coefficient (Wildman–Crippen LogP) is 1.89. The van der Waals surface area contributed by atoms with E-state index < -0.39 is 23.9 Å². The minimum atomic E-state index is -1.31. The SMILES string of the molecule is CC1(C)OB([C@@](C)(N)Oc2ccc(C=O)cc2O)OC1(C)C. The van der Waals surface area contributed by atoms with Crippen molar-refractivity contribution in [1.82, 2.24) is 0 Å². The summed E-state index contributed by atoms with van der Waals surface area (Å²) in [5.74, 6) is -0.0110. The van der Waals surface area contributed by atoms with Gasteiger partial charge in [0.1, 0.15) is 6.29 Å². The van der Waals surface area contributed by atoms with E-state index in [4.69, 9.17) is 19.8 Å². The zero-order chi connectivity index (χ0) is 16.8. The predicted molar refractivity (Wildman–Crippen MR) is 82.8 cm³/mol. The van der Waals surface area contributed by atoms with Crippen molar-refractivity contribution in [3.63, 3.8) is 0 Å². The Bertz CT molecular complexity index is 569. The van der Waals surface area contributed by atoms with Crippen LogP contribution in [-0.4, -0.2) is 35.3 Å². The summed E-state index contributed by atoms with van der Waals surface area (Å²) in [6, 6.07) is 4.32. The maximum atomic E-state index is 10.7. The van der Waals surface area contributed by atoms with Gasteiger partial charge in [-0.1, -0.05) is 0 Å². The van der Waals surface area contributed by atoms with Crippen LogP contribution in [0.4, 0.5) is 0 Å². The average molecular weight is 307 g/mol. The molecule has 0 aliphatic carbocycles. The van der Waals surface area contributed by atoms with Crippen LogP contribution in [0.1, 0.15) is 45.0 Å². The van der Waals surface area contributed by atoms with E-state index in [-0.39, 0.29) is 11.5 Å². The molecule has 1 aromatic rings. The van der Waals surface area contributed by atoms with Crippen molar-refractivity contribution >= 4 is 13.4 Å². The first-order valence-electron chi connectivity index (χ1n) is 7.10. The first kappa shape index (κ1) is 16.8. The summed E-state index contributed by atoms with van der Waals surface area (Å²) in [6.07, 6.45) is 0.638. The molecule has 1 aliphatic heterocycles. The highest BCUT2D eigenvalue weighted by molar-refractivity contribution is 6.49. The molecule has 120 valence electrons. The summed E-state index contributed by atoms with van der Waals surface area (Å²) in [7, 11) is -0.803. The first-order valence-corrected chi connectivity index (χ1v) is 7.10. The monoisotopic (exact) mass is 307 g/mol. The molecule has 1 atom stereocenters. The maximum Gasteiger partial charge on any atom is 0.520 e. The Balaban J connectivity index is 2.20. The molecular weight excluding hydrogens is 285 g/mol. The number of rotatable bonds is 4. The molecule has 3 N–H and O–H groups in total. The van der Waals surface area contributed by atoms with Gasteiger partial charge in [-0.05, 0) is 52.8 Å². The molecule has 0 unspecified atom stereocenters. The third-order valence-electron chi connectivity index (χ3n) is 4.17. The lowest BCUT2D eigenvalue weighted by Crippen LogP contribution is -2.58. The first-order chi connectivity index (χ1) is 9.98. The van der Waals surface area contributed by atoms with Gasteiger partial charge in [0.2, 0.25) is 0 Å². The Hall–Kier alpha value is -1.57. The number of aromatic hydroxyl groups is 1. The number of nitrogens with two attached hydrogens (primary N) is 1. The fourth-order valence-corrected chi connectivity index (χ4v) is 2.06. The summed E-state index contributed by atoms with van der Waals surface area (Å²) in [6.45, 7) is 9.28. The quantitative estimate of drug-likeness (QED) is 0.501. The lowest BCUT2D eigenvalue weighted by atomic mass is 9.75. The number of carbonyl (C=O) groups excluding carboxylic acids is 1. The van der Waals surface area contributed by atoms with E-state index in [0.29, 0.717) is 11.8 Å². The number of ether oxygens (including phenoxy) is 1. The Morgan fingerprint density at radius 1 is 1.27 bits per heavy atom. The van der Waals surface area contributed by atoms with Crippen LogP contribution in [-0.2, 0) is 9.31 Å². The highest BCUT2D eigenvalue weighted by Gasteiger charge is 2.58. The fourth-order valence-electron chi connectivity index (χ4n) is 2.06. The number of benzene rings is 1. The van der Waals surface area contributed by atoms with E-state index >= 15 is 0 Å². The topological polar surface area (TPSA) is 91.0 Å². The van der Waals surface area contributed by atoms with Crippen LogP contribution in [0.3, 0.4) is 0 Å². The molecule has 1 heterocycles. The molecule has 1 saturated heterocycles. The smallest absolute Gasteiger partial charge is 0.504 e. The zero-order valence-electron chi connectivity index (χ0n) is 13.5. The van der Waals surface area contributed by atoms with E-state index in [0.717, 1.165) is 0 Å². The summed E-state index contributed by atoms with van der Waals surface area (Å²) in [5, 5.41) is 9.91. The van der Waals surface area contributed by atoms with E-state index in [1.54, 1.807) is 6.92 Å². The van der Waals surface area contributed by atoms with Crippen molar-refractivity contribution in [3.05, 3.63) is 23.8 Å². The Morgan fingerprint density at radius 2 is 1.82 bits per heavy atom. The molecule has 0 amide bonds. The van der Waals surface area contributed by atoms with Gasteiger partial charge >= 0.3 is 7.12 Å². The maximum absolute atomic E-state index is 10.7. The van der Waals surface area contributed by atoms with Crippen LogP contribution >= 0.6 is 0 Å². The number of hydrogen-bond acceptors (Lipinski definition) is 6. The van der Waals surface area contributed by atoms with Gasteiger partial charge in [0.15, 0.2) is 17.1 Å². The van der Waals surface area contributed by atoms with Gasteiger partial charge in [0.05, 0.1) is 11.2 Å². The molecule has 1 fully saturated rings. The number of phenolic OH excluding ortho intramolecular Hbond substituents is 1. The number of aldehydes is 1. The molecule has 1 aliphatic rings. The summed E-state index contributed by atoms with van der Waals surface area (Å²) in [5.41, 5.74) is 4.14. The van der Waals surface area contributed by atoms with E-state index in [9.17, 15) is 9.90 Å². The highest BCUT2D eigenvalue weighted by Crippen LogP contribution is 2.40. The second-order valence-electron chi connectivity index (χ2n) is 6.72. The Labute approximate surface area is 130 Å². The standard InChI is InChI=1S/C15H22BNO5/c1-13(2)14(3,4)22-16(21-13)15(5,17)20-12-7-6-10(9-18)8-11(12)19/h6-9,19H,17H2,1-5H3/t15-/m0/s1. The third kappa shape index (κ3) is 2.97. The van der Waals surface area contributed by atoms with Crippen molar-refractivity contribution < 1.29 is 23.9 Å². The molecular formula is C15H22BNO5. The molecule has 2 rings (SSSR count). The van der Waals surface area contributed by atoms with E-state index in [1.807, 2.05) is 27.7 Å². The Morgan fingerprint density at radius 3 is 2.27 bits per heavy atom. The average Bonchev–Trinajstić information content (AvgIpc) is 2.61. The summed E-state index contributed by atoms with van der Waals surface area (Å²) < 4.78 is 17.4. The molecule has 1 aromatic carbocycles. The lowest BCUT2D eigenvalue weighted by molar-refractivity contribution is 0.00578. The zero-order valence-corrected chi connectivity index (χ0v) is 13.5. The van der Waals surface area contributed by atoms with Gasteiger partial charge in [-0.2, -0.15) is 0 Å². The van der Waals surface area contributed by atoms with E-state index in [2.05, 4.69) is 0 Å². The van der Waals surface area contributed by atoms with Crippen molar-refractivity contribution in [2.45, 2.75) is 51.4 Å². The lowest BCUT2D eigenvalue weighted by Gasteiger charge is -2.32. The largest absolute Gasteiger partial charge is 0.520 e. The Kier molecular flexibility index (Phi) is 4.02. The van der Waals surface area contributed by atoms with Gasteiger partial charge in [0, 0.05) is 5.56 Å². The molecule has 0 saturated carbocycles. The van der Waals surface area contributed by atoms with E-state index in [1.165, 1.54) is 18.2 Å². The second kappa shape index (κ2) is 5.26. The molecule has 6 nitrogen and oxygen atoms in total. The van der Waals surface area contributed by atoms with Crippen LogP contribution in [0.15, 0.2) is 18.2 Å². The molecule has 0 spiro atoms. The van der Waals surface area contributed by atoms with Gasteiger partial charge in [-0.15, -0.1) is 0 Å². The van der Waals surface area contributed by atoms with Gasteiger partial charge in [-0.25, -0.2) is 0 Å². The summed E-state index contributed by atoms with van der Waals surface area (Å²) >= 11 is 0. The van der Waals surface area contributed by atoms with Crippen LogP contribution in [0.2, 0.25) is 0 Å².